The normalized spacial score (nSPS) is 18.1. The Balaban J connectivity index is 0.000000105. The first-order valence-electron chi connectivity index (χ1n) is 16.0. The van der Waals surface area contributed by atoms with E-state index in [1.54, 1.807) is 0 Å². The van der Waals surface area contributed by atoms with Crippen molar-refractivity contribution in [3.05, 3.63) is 95.1 Å². The van der Waals surface area contributed by atoms with Gasteiger partial charge in [0.15, 0.2) is 11.6 Å². The van der Waals surface area contributed by atoms with Crippen LogP contribution in [0.4, 0.5) is 17.1 Å². The number of nitrogen functional groups attached to an aromatic ring is 2. The molecule has 6 aliphatic rings. The molecule has 4 N–H and O–H groups in total. The van der Waals surface area contributed by atoms with Crippen molar-refractivity contribution >= 4 is 28.6 Å². The minimum absolute atomic E-state index is 0.0628. The number of nitro groups is 1. The molecule has 3 aromatic rings. The van der Waals surface area contributed by atoms with Crippen molar-refractivity contribution in [3.63, 3.8) is 0 Å². The molecule has 7 heteroatoms. The van der Waals surface area contributed by atoms with Gasteiger partial charge in [-0.15, -0.1) is 0 Å². The van der Waals surface area contributed by atoms with Gasteiger partial charge in [-0.25, -0.2) is 0 Å². The molecule has 7 nitrogen and oxygen atoms in total. The molecule has 0 aromatic heterocycles. The Kier molecular flexibility index (Phi) is 7.07. The fourth-order valence-electron chi connectivity index (χ4n) is 8.44. The number of anilines is 2. The van der Waals surface area contributed by atoms with Crippen molar-refractivity contribution in [1.29, 1.82) is 0 Å². The standard InChI is InChI=1S/C12H11NO3.C12H13NO.C12H15N/c14-11-5-4-9-10(11)6-7-2-1-3-8(7)12(9)13(15)16;13-12-8-3-1-2-7(8)6-10-9(12)4-5-11(10)14;13-12-10-5-1-3-8(10)7-9-4-2-6-11(9)12/h6H,1-5H2;6H,1-5,13H2;7H,1-6,13H2. The summed E-state index contributed by atoms with van der Waals surface area (Å²) < 4.78 is 0. The second kappa shape index (κ2) is 10.9. The number of carbonyl (C=O) groups excluding carboxylic acids is 2. The number of carbonyl (C=O) groups is 2. The fraction of sp³-hybridized carbons (Fsp3) is 0.444. The molecule has 9 rings (SSSR count). The van der Waals surface area contributed by atoms with Crippen LogP contribution in [0.5, 0.6) is 0 Å². The molecular weight excluding hydrogens is 538 g/mol. The molecule has 0 bridgehead atoms. The van der Waals surface area contributed by atoms with E-state index in [1.807, 2.05) is 6.07 Å². The predicted molar refractivity (Wildman–Crippen MR) is 168 cm³/mol. The number of ketones is 2. The molecule has 0 radical (unpaired) electrons. The van der Waals surface area contributed by atoms with E-state index < -0.39 is 0 Å². The first-order valence-corrected chi connectivity index (χ1v) is 16.0. The summed E-state index contributed by atoms with van der Waals surface area (Å²) in [5.41, 5.74) is 28.4. The van der Waals surface area contributed by atoms with E-state index in [1.165, 1.54) is 78.3 Å². The number of rotatable bonds is 1. The lowest BCUT2D eigenvalue weighted by Crippen LogP contribution is -2.02. The lowest BCUT2D eigenvalue weighted by molar-refractivity contribution is -0.386. The highest BCUT2D eigenvalue weighted by Gasteiger charge is 2.34. The molecule has 0 saturated heterocycles. The average Bonchev–Trinajstić information content (AvgIpc) is 3.83. The minimum atomic E-state index is -0.304. The van der Waals surface area contributed by atoms with Crippen LogP contribution in [-0.2, 0) is 64.2 Å². The quantitative estimate of drug-likeness (QED) is 0.197. The van der Waals surface area contributed by atoms with Crippen molar-refractivity contribution in [2.75, 3.05) is 11.5 Å². The molecule has 0 saturated carbocycles. The van der Waals surface area contributed by atoms with E-state index in [0.29, 0.717) is 30.4 Å². The summed E-state index contributed by atoms with van der Waals surface area (Å²) in [6, 6.07) is 6.39. The van der Waals surface area contributed by atoms with E-state index in [-0.39, 0.29) is 22.2 Å². The number of nitrogens with zero attached hydrogens (tertiary/aromatic N) is 1. The molecule has 222 valence electrons. The van der Waals surface area contributed by atoms with Gasteiger partial charge < -0.3 is 11.5 Å². The SMILES string of the molecule is Nc1c2c(cc3c1CCC3)CCC2.Nc1c2c(cc3c1CCC3=O)CCC2.O=C1CCc2c1cc1c(c2[N+](=O)[O-])CCC1. The lowest BCUT2D eigenvalue weighted by Gasteiger charge is -2.10. The molecule has 0 unspecified atom stereocenters. The van der Waals surface area contributed by atoms with Gasteiger partial charge in [0.1, 0.15) is 0 Å². The van der Waals surface area contributed by atoms with Gasteiger partial charge in [-0.05, 0) is 147 Å². The summed E-state index contributed by atoms with van der Waals surface area (Å²) in [6.45, 7) is 0. The minimum Gasteiger partial charge on any atom is -0.398 e. The van der Waals surface area contributed by atoms with E-state index in [4.69, 9.17) is 11.5 Å². The first kappa shape index (κ1) is 27.8. The lowest BCUT2D eigenvalue weighted by atomic mass is 9.99. The van der Waals surface area contributed by atoms with E-state index >= 15 is 0 Å². The number of hydrogen-bond donors (Lipinski definition) is 2. The van der Waals surface area contributed by atoms with Crippen LogP contribution in [0, 0.1) is 10.1 Å². The zero-order valence-corrected chi connectivity index (χ0v) is 24.8. The summed E-state index contributed by atoms with van der Waals surface area (Å²) >= 11 is 0. The van der Waals surface area contributed by atoms with Crippen LogP contribution in [-0.4, -0.2) is 16.5 Å². The molecule has 6 aliphatic carbocycles. The van der Waals surface area contributed by atoms with Gasteiger partial charge in [0, 0.05) is 46.5 Å². The van der Waals surface area contributed by atoms with Crippen LogP contribution in [0.15, 0.2) is 18.2 Å². The molecule has 3 aromatic carbocycles. The van der Waals surface area contributed by atoms with Crippen LogP contribution in [0.25, 0.3) is 0 Å². The van der Waals surface area contributed by atoms with Crippen LogP contribution in [0.3, 0.4) is 0 Å². The third-order valence-electron chi connectivity index (χ3n) is 10.5. The highest BCUT2D eigenvalue weighted by molar-refractivity contribution is 6.03. The summed E-state index contributed by atoms with van der Waals surface area (Å²) in [7, 11) is 0. The topological polar surface area (TPSA) is 129 Å². The molecule has 0 spiro atoms. The monoisotopic (exact) mass is 577 g/mol. The Morgan fingerprint density at radius 1 is 0.488 bits per heavy atom. The van der Waals surface area contributed by atoms with Crippen LogP contribution >= 0.6 is 0 Å². The Hall–Kier alpha value is -4.00. The number of hydrogen-bond acceptors (Lipinski definition) is 6. The van der Waals surface area contributed by atoms with E-state index in [9.17, 15) is 19.7 Å². The van der Waals surface area contributed by atoms with Crippen LogP contribution < -0.4 is 11.5 Å². The van der Waals surface area contributed by atoms with Gasteiger partial charge in [0.2, 0.25) is 0 Å². The molecule has 0 aliphatic heterocycles. The number of Topliss-reactive ketones (excluding diaryl/α,β-unsaturated/α-hetero) is 2. The molecule has 0 fully saturated rings. The van der Waals surface area contributed by atoms with E-state index in [2.05, 4.69) is 12.1 Å². The molecule has 0 amide bonds. The predicted octanol–water partition coefficient (Wildman–Crippen LogP) is 6.35. The molecular formula is C36H39N3O4. The number of fused-ring (bicyclic) bond motifs is 6. The van der Waals surface area contributed by atoms with Crippen molar-refractivity contribution in [2.45, 2.75) is 103 Å². The maximum absolute atomic E-state index is 11.6. The van der Waals surface area contributed by atoms with Crippen molar-refractivity contribution in [1.82, 2.24) is 0 Å². The summed E-state index contributed by atoms with van der Waals surface area (Å²) in [6.07, 6.45) is 16.1. The average molecular weight is 578 g/mol. The number of nitrogens with two attached hydrogens (primary N) is 2. The fourth-order valence-corrected chi connectivity index (χ4v) is 8.44. The van der Waals surface area contributed by atoms with Gasteiger partial charge in [-0.2, -0.15) is 0 Å². The number of benzene rings is 3. The smallest absolute Gasteiger partial charge is 0.276 e. The van der Waals surface area contributed by atoms with E-state index in [0.717, 1.165) is 72.2 Å². The van der Waals surface area contributed by atoms with Gasteiger partial charge in [0.25, 0.3) is 5.69 Å². The number of nitro benzene ring substituents is 1. The Morgan fingerprint density at radius 2 is 0.884 bits per heavy atom. The Morgan fingerprint density at radius 3 is 1.40 bits per heavy atom. The second-order valence-corrected chi connectivity index (χ2v) is 12.9. The van der Waals surface area contributed by atoms with Gasteiger partial charge in [0.05, 0.1) is 4.92 Å². The van der Waals surface area contributed by atoms with Gasteiger partial charge in [-0.3, -0.25) is 19.7 Å². The molecule has 0 atom stereocenters. The highest BCUT2D eigenvalue weighted by Crippen LogP contribution is 2.40. The van der Waals surface area contributed by atoms with Crippen molar-refractivity contribution < 1.29 is 14.5 Å². The zero-order chi connectivity index (χ0) is 29.8. The molecule has 0 heterocycles. The van der Waals surface area contributed by atoms with Crippen molar-refractivity contribution in [3.8, 4) is 0 Å². The third-order valence-corrected chi connectivity index (χ3v) is 10.5. The maximum Gasteiger partial charge on any atom is 0.276 e. The third kappa shape index (κ3) is 4.73. The maximum atomic E-state index is 11.6. The first-order chi connectivity index (χ1) is 20.8. The second-order valence-electron chi connectivity index (χ2n) is 12.9. The largest absolute Gasteiger partial charge is 0.398 e. The van der Waals surface area contributed by atoms with Gasteiger partial charge >= 0.3 is 0 Å². The van der Waals surface area contributed by atoms with Gasteiger partial charge in [-0.1, -0.05) is 6.07 Å². The zero-order valence-electron chi connectivity index (χ0n) is 24.8. The summed E-state index contributed by atoms with van der Waals surface area (Å²) in [4.78, 5) is 34.0. The number of aryl methyl sites for hydroxylation is 4. The summed E-state index contributed by atoms with van der Waals surface area (Å²) in [5, 5.41) is 11.1. The van der Waals surface area contributed by atoms with Crippen LogP contribution in [0.2, 0.25) is 0 Å². The molecule has 43 heavy (non-hydrogen) atoms. The van der Waals surface area contributed by atoms with Crippen molar-refractivity contribution in [2.24, 2.45) is 0 Å². The summed E-state index contributed by atoms with van der Waals surface area (Å²) in [5.74, 6) is 0.342. The Labute approximate surface area is 252 Å². The Bertz CT molecular complexity index is 1690. The van der Waals surface area contributed by atoms with Crippen LogP contribution in [0.1, 0.15) is 115 Å². The highest BCUT2D eigenvalue weighted by atomic mass is 16.6.